The molecule has 0 spiro atoms. The van der Waals surface area contributed by atoms with E-state index in [9.17, 15) is 25.2 Å². The van der Waals surface area contributed by atoms with Crippen LogP contribution >= 0.6 is 23.2 Å². The monoisotopic (exact) mass is 759 g/mol. The van der Waals surface area contributed by atoms with E-state index in [1.807, 2.05) is 61.6 Å². The van der Waals surface area contributed by atoms with Crippen molar-refractivity contribution in [2.24, 2.45) is 0 Å². The Morgan fingerprint density at radius 1 is 0.942 bits per heavy atom. The number of pyridine rings is 1. The Morgan fingerprint density at radius 2 is 1.63 bits per heavy atom. The van der Waals surface area contributed by atoms with E-state index in [0.717, 1.165) is 59.3 Å². The number of aliphatic hydroxyl groups excluding tert-OH is 5. The number of carbonyl (C=O) groups excluding carboxylic acids is 1. The first-order valence-corrected chi connectivity index (χ1v) is 18.7. The fourth-order valence-corrected chi connectivity index (χ4v) is 6.71. The molecule has 2 aliphatic rings. The third-order valence-corrected chi connectivity index (χ3v) is 10.4. The molecule has 3 aromatic rings. The lowest BCUT2D eigenvalue weighted by Gasteiger charge is -2.31. The van der Waals surface area contributed by atoms with Gasteiger partial charge in [0.25, 0.3) is 0 Å². The molecule has 1 aromatic heterocycles. The Labute approximate surface area is 315 Å². The van der Waals surface area contributed by atoms with E-state index in [1.54, 1.807) is 6.20 Å². The van der Waals surface area contributed by atoms with Crippen LogP contribution in [0.25, 0.3) is 11.1 Å². The van der Waals surface area contributed by atoms with Crippen LogP contribution in [-0.2, 0) is 28.2 Å². The van der Waals surface area contributed by atoms with Crippen LogP contribution in [0.1, 0.15) is 61.6 Å². The number of rotatable bonds is 21. The number of ether oxygens (including phenoxy) is 2. The molecule has 0 saturated heterocycles. The molecule has 13 heteroatoms. The number of aromatic nitrogens is 1. The Kier molecular flexibility index (Phi) is 14.3. The van der Waals surface area contributed by atoms with E-state index >= 15 is 0 Å². The molecule has 1 heterocycles. The van der Waals surface area contributed by atoms with Gasteiger partial charge in [-0.15, -0.1) is 0 Å². The van der Waals surface area contributed by atoms with E-state index in [0.29, 0.717) is 42.4 Å². The smallest absolute Gasteiger partial charge is 0.222 e. The van der Waals surface area contributed by atoms with E-state index in [4.69, 9.17) is 37.8 Å². The molecule has 2 fully saturated rings. The third kappa shape index (κ3) is 10.6. The van der Waals surface area contributed by atoms with Crippen molar-refractivity contribution < 1.29 is 39.8 Å². The van der Waals surface area contributed by atoms with Crippen LogP contribution in [0.5, 0.6) is 5.75 Å². The second-order valence-corrected chi connectivity index (χ2v) is 15.0. The fourth-order valence-electron chi connectivity index (χ4n) is 6.19. The van der Waals surface area contributed by atoms with Crippen molar-refractivity contribution in [3.8, 4) is 16.9 Å². The highest BCUT2D eigenvalue weighted by Gasteiger charge is 2.48. The number of aliphatic hydroxyl groups is 5. The Hall–Kier alpha value is -2.84. The van der Waals surface area contributed by atoms with Gasteiger partial charge in [-0.3, -0.25) is 9.78 Å². The summed E-state index contributed by atoms with van der Waals surface area (Å²) in [5, 5.41) is 50.6. The lowest BCUT2D eigenvalue weighted by molar-refractivity contribution is -0.140. The Balaban J connectivity index is 1.16. The number of hydrogen-bond donors (Lipinski definition) is 5. The largest absolute Gasteiger partial charge is 0.490 e. The predicted octanol–water partition coefficient (Wildman–Crippen LogP) is 4.34. The van der Waals surface area contributed by atoms with Crippen molar-refractivity contribution in [1.82, 2.24) is 14.8 Å². The zero-order valence-electron chi connectivity index (χ0n) is 29.8. The molecule has 2 aromatic carbocycles. The molecule has 0 radical (unpaired) electrons. The molecule has 0 aliphatic heterocycles. The topological polar surface area (TPSA) is 156 Å². The van der Waals surface area contributed by atoms with Gasteiger partial charge in [-0.2, -0.15) is 0 Å². The lowest BCUT2D eigenvalue weighted by Crippen LogP contribution is -2.51. The van der Waals surface area contributed by atoms with Crippen molar-refractivity contribution in [2.75, 3.05) is 40.3 Å². The average Bonchev–Trinajstić information content (AvgIpc) is 4.09. The lowest BCUT2D eigenvalue weighted by atomic mass is 9.96. The first-order chi connectivity index (χ1) is 24.9. The van der Waals surface area contributed by atoms with Crippen molar-refractivity contribution >= 4 is 29.1 Å². The van der Waals surface area contributed by atoms with Gasteiger partial charge < -0.3 is 44.8 Å². The Morgan fingerprint density at radius 3 is 2.33 bits per heavy atom. The molecule has 2 saturated carbocycles. The maximum absolute atomic E-state index is 13.2. The average molecular weight is 761 g/mol. The van der Waals surface area contributed by atoms with Gasteiger partial charge in [0.15, 0.2) is 0 Å². The third-order valence-electron chi connectivity index (χ3n) is 9.72. The normalized spacial score (nSPS) is 17.4. The second kappa shape index (κ2) is 18.5. The van der Waals surface area contributed by atoms with Crippen LogP contribution in [0.2, 0.25) is 10.0 Å². The van der Waals surface area contributed by atoms with Gasteiger partial charge in [0.2, 0.25) is 5.91 Å². The number of benzene rings is 2. The quantitative estimate of drug-likeness (QED) is 0.0991. The summed E-state index contributed by atoms with van der Waals surface area (Å²) in [6, 6.07) is 13.8. The molecule has 11 nitrogen and oxygen atoms in total. The molecule has 5 N–H and O–H groups in total. The summed E-state index contributed by atoms with van der Waals surface area (Å²) in [6.07, 6.45) is 3.21. The highest BCUT2D eigenvalue weighted by molar-refractivity contribution is 6.34. The van der Waals surface area contributed by atoms with Crippen molar-refractivity contribution in [2.45, 2.75) is 94.1 Å². The minimum absolute atomic E-state index is 0.199. The molecule has 1 amide bonds. The molecule has 2 aliphatic carbocycles. The molecule has 0 bridgehead atoms. The van der Waals surface area contributed by atoms with Gasteiger partial charge in [-0.05, 0) is 100.0 Å². The number of aryl methyl sites for hydroxylation is 1. The SMILES string of the molecule is CN(C)CCN(C[C@H](O)[C@@H](O)[C@H](O)[C@H](O)CO)C(=O)CCCCc1cc(Cl)c(COC2(c3cnccc3-c3ccccc3OC3CC3)CC2)cc1Cl. The molecule has 52 heavy (non-hydrogen) atoms. The number of hydrogen-bond acceptors (Lipinski definition) is 10. The van der Waals surface area contributed by atoms with Crippen molar-refractivity contribution in [3.63, 3.8) is 0 Å². The molecular formula is C39H51Cl2N3O8. The molecule has 284 valence electrons. The zero-order valence-corrected chi connectivity index (χ0v) is 31.3. The van der Waals surface area contributed by atoms with Crippen molar-refractivity contribution in [1.29, 1.82) is 0 Å². The molecule has 5 rings (SSSR count). The van der Waals surface area contributed by atoms with Crippen LogP contribution in [0.4, 0.5) is 0 Å². The summed E-state index contributed by atoms with van der Waals surface area (Å²) >= 11 is 13.5. The number of amides is 1. The molecular weight excluding hydrogens is 709 g/mol. The van der Waals surface area contributed by atoms with Gasteiger partial charge >= 0.3 is 0 Å². The molecule has 0 unspecified atom stereocenters. The number of carbonyl (C=O) groups is 1. The van der Waals surface area contributed by atoms with Crippen LogP contribution in [0.3, 0.4) is 0 Å². The van der Waals surface area contributed by atoms with Gasteiger partial charge in [-0.1, -0.05) is 41.4 Å². The minimum atomic E-state index is -1.76. The van der Waals surface area contributed by atoms with Gasteiger partial charge in [0.1, 0.15) is 30.2 Å². The molecule has 4 atom stereocenters. The number of likely N-dealkylation sites (N-methyl/N-ethyl adjacent to an activating group) is 1. The maximum Gasteiger partial charge on any atom is 0.222 e. The van der Waals surface area contributed by atoms with Crippen molar-refractivity contribution in [3.05, 3.63) is 81.6 Å². The summed E-state index contributed by atoms with van der Waals surface area (Å²) in [5.41, 5.74) is 4.28. The predicted molar refractivity (Wildman–Crippen MR) is 199 cm³/mol. The van der Waals surface area contributed by atoms with Crippen LogP contribution < -0.4 is 4.74 Å². The maximum atomic E-state index is 13.2. The summed E-state index contributed by atoms with van der Waals surface area (Å²) < 4.78 is 12.8. The van der Waals surface area contributed by atoms with Crippen LogP contribution in [-0.4, -0.2) is 117 Å². The minimum Gasteiger partial charge on any atom is -0.490 e. The van der Waals surface area contributed by atoms with E-state index in [2.05, 4.69) is 11.1 Å². The fraction of sp³-hybridized carbons (Fsp3) is 0.538. The van der Waals surface area contributed by atoms with Gasteiger partial charge in [0.05, 0.1) is 24.9 Å². The number of halogens is 2. The van der Waals surface area contributed by atoms with Crippen LogP contribution in [0, 0.1) is 0 Å². The number of unbranched alkanes of at least 4 members (excludes halogenated alkanes) is 1. The first-order valence-electron chi connectivity index (χ1n) is 18.0. The summed E-state index contributed by atoms with van der Waals surface area (Å²) in [4.78, 5) is 20.9. The van der Waals surface area contributed by atoms with E-state index in [-0.39, 0.29) is 31.6 Å². The van der Waals surface area contributed by atoms with E-state index in [1.165, 1.54) is 4.90 Å². The number of para-hydroxylation sites is 1. The highest BCUT2D eigenvalue weighted by Crippen LogP contribution is 2.53. The van der Waals surface area contributed by atoms with E-state index < -0.39 is 36.6 Å². The second-order valence-electron chi connectivity index (χ2n) is 14.2. The summed E-state index contributed by atoms with van der Waals surface area (Å²) in [5.74, 6) is 0.655. The summed E-state index contributed by atoms with van der Waals surface area (Å²) in [7, 11) is 3.71. The Bertz CT molecular complexity index is 1640. The van der Waals surface area contributed by atoms with Crippen LogP contribution in [0.15, 0.2) is 54.9 Å². The standard InChI is InChI=1S/C39H51Cl2N3O8/c1-43(2)17-18-44(22-33(46)37(49)38(50)34(47)23-45)36(48)10-6-3-7-25-19-32(41)26(20-31(25)40)24-51-39(14-15-39)30-21-42-16-13-28(30)29-8-4-5-9-35(29)52-27-11-12-27/h4-5,8-9,13,16,19-21,27,33-34,37-38,45-47,49-50H,3,6-7,10-12,14-15,17-18,22-24H2,1-2H3/t33-,34+,37+,38+/m0/s1. The first kappa shape index (κ1) is 40.3. The zero-order chi connectivity index (χ0) is 37.4. The van der Waals surface area contributed by atoms with Gasteiger partial charge in [0, 0.05) is 59.6 Å². The highest BCUT2D eigenvalue weighted by atomic mass is 35.5. The van der Waals surface area contributed by atoms with Gasteiger partial charge in [-0.25, -0.2) is 0 Å². The number of nitrogens with zero attached hydrogens (tertiary/aromatic N) is 3. The summed E-state index contributed by atoms with van der Waals surface area (Å²) in [6.45, 7) is 0.0834.